The summed E-state index contributed by atoms with van der Waals surface area (Å²) < 4.78 is 5.51. The molecule has 2 aromatic rings. The van der Waals surface area contributed by atoms with Crippen LogP contribution in [-0.2, 0) is 4.79 Å². The van der Waals surface area contributed by atoms with Crippen LogP contribution in [0.5, 0.6) is 23.0 Å². The number of aromatic hydroxyl groups is 3. The second-order valence-corrected chi connectivity index (χ2v) is 5.96. The molecule has 0 fully saturated rings. The number of hydrogen-bond donors (Lipinski definition) is 3. The molecule has 1 unspecified atom stereocenters. The standard InChI is InChI=1S/C19H22O5/c1-9-10(2)19(24-5)16(11(3)18(9)23)17(12(4)20)14-7-6-13(21)8-15(14)22/h6-8,17,21-23H,1-5H3. The molecule has 0 heterocycles. The summed E-state index contributed by atoms with van der Waals surface area (Å²) in [5.41, 5.74) is 2.82. The van der Waals surface area contributed by atoms with Crippen LogP contribution in [0.25, 0.3) is 0 Å². The fourth-order valence-electron chi connectivity index (χ4n) is 3.09. The van der Waals surface area contributed by atoms with Crippen molar-refractivity contribution in [2.24, 2.45) is 0 Å². The number of ketones is 1. The highest BCUT2D eigenvalue weighted by Gasteiger charge is 2.30. The minimum atomic E-state index is -0.814. The van der Waals surface area contributed by atoms with Crippen LogP contribution >= 0.6 is 0 Å². The zero-order valence-corrected chi connectivity index (χ0v) is 14.5. The first kappa shape index (κ1) is 17.7. The largest absolute Gasteiger partial charge is 0.508 e. The van der Waals surface area contributed by atoms with E-state index in [2.05, 4.69) is 0 Å². The highest BCUT2D eigenvalue weighted by molar-refractivity contribution is 5.89. The van der Waals surface area contributed by atoms with Gasteiger partial charge in [-0.15, -0.1) is 0 Å². The second kappa shape index (κ2) is 6.43. The van der Waals surface area contributed by atoms with E-state index in [0.29, 0.717) is 28.0 Å². The molecule has 5 nitrogen and oxygen atoms in total. The lowest BCUT2D eigenvalue weighted by Crippen LogP contribution is -2.15. The Bertz CT molecular complexity index is 808. The predicted octanol–water partition coefficient (Wildman–Crippen LogP) is 3.46. The van der Waals surface area contributed by atoms with Crippen LogP contribution in [0.4, 0.5) is 0 Å². The Morgan fingerprint density at radius 3 is 2.17 bits per heavy atom. The maximum absolute atomic E-state index is 12.4. The topological polar surface area (TPSA) is 87.0 Å². The molecule has 0 bridgehead atoms. The van der Waals surface area contributed by atoms with Crippen LogP contribution in [0.15, 0.2) is 18.2 Å². The van der Waals surface area contributed by atoms with Gasteiger partial charge in [-0.05, 0) is 50.5 Å². The minimum Gasteiger partial charge on any atom is -0.508 e. The second-order valence-electron chi connectivity index (χ2n) is 5.96. The number of phenolic OH excluding ortho intramolecular Hbond substituents is 3. The normalized spacial score (nSPS) is 12.0. The fraction of sp³-hybridized carbons (Fsp3) is 0.316. The van der Waals surface area contributed by atoms with Crippen molar-refractivity contribution in [3.8, 4) is 23.0 Å². The van der Waals surface area contributed by atoms with Gasteiger partial charge in [0.25, 0.3) is 0 Å². The smallest absolute Gasteiger partial charge is 0.141 e. The molecule has 0 spiro atoms. The molecule has 5 heteroatoms. The van der Waals surface area contributed by atoms with Crippen molar-refractivity contribution in [3.05, 3.63) is 46.0 Å². The lowest BCUT2D eigenvalue weighted by Gasteiger charge is -2.24. The summed E-state index contributed by atoms with van der Waals surface area (Å²) >= 11 is 0. The molecule has 0 saturated carbocycles. The monoisotopic (exact) mass is 330 g/mol. The van der Waals surface area contributed by atoms with Crippen LogP contribution in [-0.4, -0.2) is 28.2 Å². The molecular weight excluding hydrogens is 308 g/mol. The minimum absolute atomic E-state index is 0.0924. The van der Waals surface area contributed by atoms with Crippen molar-refractivity contribution in [1.29, 1.82) is 0 Å². The van der Waals surface area contributed by atoms with E-state index in [1.165, 1.54) is 32.2 Å². The maximum atomic E-state index is 12.4. The maximum Gasteiger partial charge on any atom is 0.141 e. The average molecular weight is 330 g/mol. The van der Waals surface area contributed by atoms with E-state index < -0.39 is 5.92 Å². The molecule has 0 aromatic heterocycles. The first-order chi connectivity index (χ1) is 11.2. The van der Waals surface area contributed by atoms with Gasteiger partial charge < -0.3 is 20.1 Å². The molecular formula is C19H22O5. The lowest BCUT2D eigenvalue weighted by atomic mass is 9.82. The van der Waals surface area contributed by atoms with Gasteiger partial charge in [-0.2, -0.15) is 0 Å². The van der Waals surface area contributed by atoms with Gasteiger partial charge in [0.2, 0.25) is 0 Å². The van der Waals surface area contributed by atoms with E-state index >= 15 is 0 Å². The molecule has 0 aliphatic carbocycles. The van der Waals surface area contributed by atoms with Crippen molar-refractivity contribution in [2.45, 2.75) is 33.6 Å². The van der Waals surface area contributed by atoms with E-state index in [-0.39, 0.29) is 23.0 Å². The van der Waals surface area contributed by atoms with Crippen LogP contribution in [0.2, 0.25) is 0 Å². The van der Waals surface area contributed by atoms with Crippen LogP contribution in [0.3, 0.4) is 0 Å². The van der Waals surface area contributed by atoms with Gasteiger partial charge >= 0.3 is 0 Å². The summed E-state index contributed by atoms with van der Waals surface area (Å²) in [6.07, 6.45) is 0. The first-order valence-corrected chi connectivity index (χ1v) is 7.59. The van der Waals surface area contributed by atoms with Gasteiger partial charge in [0.15, 0.2) is 0 Å². The number of ether oxygens (including phenoxy) is 1. The lowest BCUT2D eigenvalue weighted by molar-refractivity contribution is -0.117. The third-order valence-corrected chi connectivity index (χ3v) is 4.49. The Morgan fingerprint density at radius 2 is 1.67 bits per heavy atom. The van der Waals surface area contributed by atoms with Crippen molar-refractivity contribution in [3.63, 3.8) is 0 Å². The van der Waals surface area contributed by atoms with Gasteiger partial charge in [0.05, 0.1) is 13.0 Å². The zero-order chi connectivity index (χ0) is 18.2. The van der Waals surface area contributed by atoms with E-state index in [9.17, 15) is 20.1 Å². The Kier molecular flexibility index (Phi) is 4.73. The SMILES string of the molecule is COc1c(C)c(C)c(O)c(C)c1C(C(C)=O)c1ccc(O)cc1O. The predicted molar refractivity (Wildman–Crippen MR) is 91.2 cm³/mol. The van der Waals surface area contributed by atoms with E-state index in [1.54, 1.807) is 13.8 Å². The molecule has 0 radical (unpaired) electrons. The van der Waals surface area contributed by atoms with Crippen LogP contribution in [0, 0.1) is 20.8 Å². The first-order valence-electron chi connectivity index (χ1n) is 7.59. The highest BCUT2D eigenvalue weighted by Crippen LogP contribution is 2.45. The summed E-state index contributed by atoms with van der Waals surface area (Å²) in [5.74, 6) is -0.686. The summed E-state index contributed by atoms with van der Waals surface area (Å²) in [7, 11) is 1.51. The fourth-order valence-corrected chi connectivity index (χ4v) is 3.09. The van der Waals surface area contributed by atoms with Gasteiger partial charge in [-0.1, -0.05) is 6.07 Å². The number of rotatable bonds is 4. The van der Waals surface area contributed by atoms with Gasteiger partial charge in [-0.25, -0.2) is 0 Å². The number of phenols is 3. The highest BCUT2D eigenvalue weighted by atomic mass is 16.5. The molecule has 3 N–H and O–H groups in total. The molecule has 2 aromatic carbocycles. The van der Waals surface area contributed by atoms with E-state index in [1.807, 2.05) is 6.92 Å². The summed E-state index contributed by atoms with van der Waals surface area (Å²) in [5, 5.41) is 30.1. The summed E-state index contributed by atoms with van der Waals surface area (Å²) in [4.78, 5) is 12.4. The molecule has 24 heavy (non-hydrogen) atoms. The summed E-state index contributed by atoms with van der Waals surface area (Å²) in [6.45, 7) is 6.73. The Morgan fingerprint density at radius 1 is 1.04 bits per heavy atom. The Hall–Kier alpha value is -2.69. The molecule has 0 aliphatic heterocycles. The molecule has 0 saturated heterocycles. The van der Waals surface area contributed by atoms with Crippen molar-refractivity contribution in [1.82, 2.24) is 0 Å². The quantitative estimate of drug-likeness (QED) is 0.799. The van der Waals surface area contributed by atoms with Crippen LogP contribution in [0.1, 0.15) is 40.7 Å². The van der Waals surface area contributed by atoms with Gasteiger partial charge in [-0.3, -0.25) is 4.79 Å². The van der Waals surface area contributed by atoms with Crippen molar-refractivity contribution < 1.29 is 24.9 Å². The molecule has 2 rings (SSSR count). The number of methoxy groups -OCH3 is 1. The summed E-state index contributed by atoms with van der Waals surface area (Å²) in [6, 6.07) is 4.10. The number of Topliss-reactive ketones (excluding diaryl/α,β-unsaturated/α-hetero) is 1. The zero-order valence-electron chi connectivity index (χ0n) is 14.5. The number of carbonyl (C=O) groups is 1. The van der Waals surface area contributed by atoms with E-state index in [0.717, 1.165) is 5.56 Å². The Labute approximate surface area is 141 Å². The molecule has 1 atom stereocenters. The van der Waals surface area contributed by atoms with Gasteiger partial charge in [0, 0.05) is 17.2 Å². The Balaban J connectivity index is 2.85. The van der Waals surface area contributed by atoms with Crippen molar-refractivity contribution >= 4 is 5.78 Å². The molecule has 0 aliphatic rings. The average Bonchev–Trinajstić information content (AvgIpc) is 2.52. The van der Waals surface area contributed by atoms with Crippen molar-refractivity contribution in [2.75, 3.05) is 7.11 Å². The van der Waals surface area contributed by atoms with E-state index in [4.69, 9.17) is 4.74 Å². The third kappa shape index (κ3) is 2.77. The van der Waals surface area contributed by atoms with Crippen LogP contribution < -0.4 is 4.74 Å². The number of hydrogen-bond acceptors (Lipinski definition) is 5. The molecule has 0 amide bonds. The number of carbonyl (C=O) groups excluding carboxylic acids is 1. The third-order valence-electron chi connectivity index (χ3n) is 4.49. The number of benzene rings is 2. The van der Waals surface area contributed by atoms with Gasteiger partial charge in [0.1, 0.15) is 28.8 Å². The molecule has 128 valence electrons.